The molecule has 5 nitrogen and oxygen atoms in total. The summed E-state index contributed by atoms with van der Waals surface area (Å²) in [6, 6.07) is 22.2. The van der Waals surface area contributed by atoms with E-state index >= 15 is 0 Å². The maximum Gasteiger partial charge on any atom is 0.178 e. The zero-order valence-corrected chi connectivity index (χ0v) is 18.0. The number of aryl methyl sites for hydroxylation is 1. The summed E-state index contributed by atoms with van der Waals surface area (Å²) in [5.41, 5.74) is 4.12. The second-order valence-electron chi connectivity index (χ2n) is 7.33. The van der Waals surface area contributed by atoms with Crippen LogP contribution in [0.2, 0.25) is 0 Å². The molecule has 0 aliphatic carbocycles. The summed E-state index contributed by atoms with van der Waals surface area (Å²) in [6.45, 7) is 1.88. The molecule has 0 aliphatic heterocycles. The highest BCUT2D eigenvalue weighted by Gasteiger charge is 2.15. The van der Waals surface area contributed by atoms with Gasteiger partial charge in [0.15, 0.2) is 9.84 Å². The zero-order valence-electron chi connectivity index (χ0n) is 17.2. The van der Waals surface area contributed by atoms with Crippen LogP contribution in [0.5, 0.6) is 11.5 Å². The summed E-state index contributed by atoms with van der Waals surface area (Å²) in [5, 5.41) is 10.0. The highest BCUT2D eigenvalue weighted by atomic mass is 32.2. The van der Waals surface area contributed by atoms with Crippen LogP contribution in [0, 0.1) is 6.92 Å². The number of hydrogen-bond donors (Lipinski definition) is 1. The first-order valence-electron chi connectivity index (χ1n) is 10.0. The first kappa shape index (κ1) is 21.0. The van der Waals surface area contributed by atoms with Crippen LogP contribution in [0.1, 0.15) is 12.0 Å². The van der Waals surface area contributed by atoms with E-state index in [1.165, 1.54) is 6.07 Å². The van der Waals surface area contributed by atoms with E-state index in [1.54, 1.807) is 24.4 Å². The Hall–Kier alpha value is -3.22. The number of aliphatic hydroxyl groups is 1. The fourth-order valence-corrected chi connectivity index (χ4v) is 4.87. The lowest BCUT2D eigenvalue weighted by Crippen LogP contribution is -2.08. The molecule has 0 radical (unpaired) electrons. The first-order valence-corrected chi connectivity index (χ1v) is 11.7. The molecule has 1 aromatic heterocycles. The van der Waals surface area contributed by atoms with Gasteiger partial charge in [-0.2, -0.15) is 0 Å². The molecule has 4 rings (SSSR count). The summed E-state index contributed by atoms with van der Waals surface area (Å²) >= 11 is 0. The minimum absolute atomic E-state index is 0.100. The fourth-order valence-electron chi connectivity index (χ4n) is 3.54. The van der Waals surface area contributed by atoms with Crippen LogP contribution in [-0.2, 0) is 9.84 Å². The van der Waals surface area contributed by atoms with Gasteiger partial charge in [-0.05, 0) is 66.4 Å². The molecule has 0 aliphatic rings. The van der Waals surface area contributed by atoms with Crippen molar-refractivity contribution in [2.45, 2.75) is 18.2 Å². The number of nitrogens with zero attached hydrogens (tertiary/aromatic N) is 1. The normalized spacial score (nSPS) is 11.5. The first-order chi connectivity index (χ1) is 15.0. The second-order valence-corrected chi connectivity index (χ2v) is 9.44. The smallest absolute Gasteiger partial charge is 0.178 e. The molecule has 0 atom stereocenters. The van der Waals surface area contributed by atoms with Gasteiger partial charge in [0.25, 0.3) is 0 Å². The van der Waals surface area contributed by atoms with Gasteiger partial charge in [0.2, 0.25) is 0 Å². The molecule has 1 heterocycles. The maximum atomic E-state index is 12.4. The lowest BCUT2D eigenvalue weighted by atomic mass is 9.99. The van der Waals surface area contributed by atoms with E-state index < -0.39 is 9.84 Å². The van der Waals surface area contributed by atoms with E-state index in [9.17, 15) is 8.42 Å². The van der Waals surface area contributed by atoms with E-state index in [-0.39, 0.29) is 23.7 Å². The van der Waals surface area contributed by atoms with E-state index in [4.69, 9.17) is 9.84 Å². The molecule has 0 spiro atoms. The third-order valence-electron chi connectivity index (χ3n) is 5.09. The zero-order chi connectivity index (χ0) is 21.8. The SMILES string of the molecule is Cc1cccc2c(-c3cccc(Oc4cccc(S(=O)(=O)CCCO)c4)c3)ccnc12. The van der Waals surface area contributed by atoms with Crippen molar-refractivity contribution in [2.75, 3.05) is 12.4 Å². The standard InChI is InChI=1S/C25H23NO4S/c1-18-6-2-11-24-23(12-13-26-25(18)24)19-7-3-8-20(16-19)30-21-9-4-10-22(17-21)31(28,29)15-5-14-27/h2-4,6-13,16-17,27H,5,14-15H2,1H3. The van der Waals surface area contributed by atoms with Gasteiger partial charge in [-0.1, -0.05) is 36.4 Å². The molecule has 0 saturated heterocycles. The number of para-hydroxylation sites is 1. The van der Waals surface area contributed by atoms with Crippen molar-refractivity contribution in [3.63, 3.8) is 0 Å². The van der Waals surface area contributed by atoms with Gasteiger partial charge in [-0.3, -0.25) is 4.98 Å². The van der Waals surface area contributed by atoms with Crippen molar-refractivity contribution in [1.82, 2.24) is 4.98 Å². The summed E-state index contributed by atoms with van der Waals surface area (Å²) < 4.78 is 30.8. The molecule has 4 aromatic rings. The molecule has 6 heteroatoms. The Morgan fingerprint density at radius 3 is 2.48 bits per heavy atom. The van der Waals surface area contributed by atoms with Gasteiger partial charge in [-0.15, -0.1) is 0 Å². The summed E-state index contributed by atoms with van der Waals surface area (Å²) in [6.07, 6.45) is 2.01. The monoisotopic (exact) mass is 433 g/mol. The molecule has 158 valence electrons. The number of sulfone groups is 1. The third kappa shape index (κ3) is 4.60. The molecule has 0 saturated carbocycles. The number of benzene rings is 3. The molecule has 0 bridgehead atoms. The molecular weight excluding hydrogens is 410 g/mol. The molecule has 0 amide bonds. The Morgan fingerprint density at radius 1 is 0.935 bits per heavy atom. The van der Waals surface area contributed by atoms with Crippen molar-refractivity contribution in [3.05, 3.63) is 84.6 Å². The van der Waals surface area contributed by atoms with Crippen LogP contribution in [0.4, 0.5) is 0 Å². The van der Waals surface area contributed by atoms with Gasteiger partial charge in [0, 0.05) is 18.2 Å². The maximum absolute atomic E-state index is 12.4. The lowest BCUT2D eigenvalue weighted by Gasteiger charge is -2.11. The number of fused-ring (bicyclic) bond motifs is 1. The number of pyridine rings is 1. The predicted octanol–water partition coefficient (Wildman–Crippen LogP) is 5.16. The Kier molecular flexibility index (Phi) is 6.02. The average molecular weight is 434 g/mol. The molecular formula is C25H23NO4S. The fraction of sp³-hybridized carbons (Fsp3) is 0.160. The van der Waals surface area contributed by atoms with Crippen molar-refractivity contribution in [3.8, 4) is 22.6 Å². The van der Waals surface area contributed by atoms with E-state index in [0.29, 0.717) is 11.5 Å². The van der Waals surface area contributed by atoms with Crippen molar-refractivity contribution in [2.24, 2.45) is 0 Å². The summed E-state index contributed by atoms with van der Waals surface area (Å²) in [7, 11) is -3.46. The Balaban J connectivity index is 1.65. The van der Waals surface area contributed by atoms with Crippen LogP contribution in [0.15, 0.2) is 83.9 Å². The Bertz CT molecular complexity index is 1330. The predicted molar refractivity (Wildman–Crippen MR) is 122 cm³/mol. The van der Waals surface area contributed by atoms with Gasteiger partial charge < -0.3 is 9.84 Å². The van der Waals surface area contributed by atoms with E-state index in [1.807, 2.05) is 49.4 Å². The number of aromatic nitrogens is 1. The highest BCUT2D eigenvalue weighted by molar-refractivity contribution is 7.91. The number of aliphatic hydroxyl groups excluding tert-OH is 1. The number of rotatable bonds is 7. The summed E-state index contributed by atoms with van der Waals surface area (Å²) in [5.74, 6) is 0.953. The van der Waals surface area contributed by atoms with E-state index in [0.717, 1.165) is 27.6 Å². The van der Waals surface area contributed by atoms with Crippen molar-refractivity contribution in [1.29, 1.82) is 0 Å². The van der Waals surface area contributed by atoms with Crippen molar-refractivity contribution < 1.29 is 18.3 Å². The van der Waals surface area contributed by atoms with Gasteiger partial charge in [-0.25, -0.2) is 8.42 Å². The molecule has 3 aromatic carbocycles. The molecule has 0 unspecified atom stereocenters. The lowest BCUT2D eigenvalue weighted by molar-refractivity contribution is 0.295. The third-order valence-corrected chi connectivity index (χ3v) is 6.89. The minimum atomic E-state index is -3.46. The highest BCUT2D eigenvalue weighted by Crippen LogP contribution is 2.32. The Labute approximate surface area is 181 Å². The van der Waals surface area contributed by atoms with Crippen LogP contribution >= 0.6 is 0 Å². The van der Waals surface area contributed by atoms with Crippen LogP contribution < -0.4 is 4.74 Å². The molecule has 1 N–H and O–H groups in total. The van der Waals surface area contributed by atoms with Crippen LogP contribution in [0.25, 0.3) is 22.0 Å². The van der Waals surface area contributed by atoms with Gasteiger partial charge in [0.05, 0.1) is 16.2 Å². The number of hydrogen-bond acceptors (Lipinski definition) is 5. The Morgan fingerprint density at radius 2 is 1.68 bits per heavy atom. The minimum Gasteiger partial charge on any atom is -0.457 e. The topological polar surface area (TPSA) is 76.5 Å². The number of ether oxygens (including phenoxy) is 1. The van der Waals surface area contributed by atoms with Gasteiger partial charge in [0.1, 0.15) is 11.5 Å². The second kappa shape index (κ2) is 8.88. The van der Waals surface area contributed by atoms with Crippen molar-refractivity contribution >= 4 is 20.7 Å². The average Bonchev–Trinajstić information content (AvgIpc) is 2.78. The van der Waals surface area contributed by atoms with Gasteiger partial charge >= 0.3 is 0 Å². The molecule has 0 fully saturated rings. The van der Waals surface area contributed by atoms with E-state index in [2.05, 4.69) is 11.1 Å². The van der Waals surface area contributed by atoms with Crippen LogP contribution in [0.3, 0.4) is 0 Å². The quantitative estimate of drug-likeness (QED) is 0.436. The van der Waals surface area contributed by atoms with Crippen LogP contribution in [-0.4, -0.2) is 30.9 Å². The largest absolute Gasteiger partial charge is 0.457 e. The molecule has 31 heavy (non-hydrogen) atoms. The summed E-state index contributed by atoms with van der Waals surface area (Å²) in [4.78, 5) is 4.69.